The van der Waals surface area contributed by atoms with Gasteiger partial charge in [0.25, 0.3) is 0 Å². The van der Waals surface area contributed by atoms with Gasteiger partial charge in [-0.1, -0.05) is 53.9 Å². The molecule has 18 heavy (non-hydrogen) atoms. The zero-order chi connectivity index (χ0) is 12.7. The van der Waals surface area contributed by atoms with Crippen molar-refractivity contribution in [2.75, 3.05) is 0 Å². The van der Waals surface area contributed by atoms with Crippen LogP contribution in [0.4, 0.5) is 0 Å². The van der Waals surface area contributed by atoms with Gasteiger partial charge in [0.15, 0.2) is 0 Å². The topological polar surface area (TPSA) is 0 Å². The molecule has 0 aromatic heterocycles. The van der Waals surface area contributed by atoms with Crippen molar-refractivity contribution in [1.82, 2.24) is 0 Å². The van der Waals surface area contributed by atoms with Gasteiger partial charge in [-0.2, -0.15) is 0 Å². The Hall–Kier alpha value is 0.1000. The van der Waals surface area contributed by atoms with Gasteiger partial charge in [0.05, 0.1) is 8.47 Å². The van der Waals surface area contributed by atoms with Gasteiger partial charge in [-0.15, -0.1) is 25.3 Å². The summed E-state index contributed by atoms with van der Waals surface area (Å²) in [6.07, 6.45) is 11.5. The number of rotatable bonds is 2. The molecule has 2 atom stereocenters. The number of thiol groups is 2. The molecule has 0 saturated heterocycles. The van der Waals surface area contributed by atoms with Crippen LogP contribution in [0.15, 0.2) is 54.7 Å². The van der Waals surface area contributed by atoms with E-state index in [2.05, 4.69) is 50.1 Å². The van der Waals surface area contributed by atoms with Gasteiger partial charge in [-0.3, -0.25) is 0 Å². The largest absolute Gasteiger partial charge is 0.135 e. The number of fused-ring (bicyclic) bond motifs is 2. The molecule has 2 unspecified atom stereocenters. The lowest BCUT2D eigenvalue weighted by Gasteiger charge is -2.18. The predicted octanol–water partition coefficient (Wildman–Crippen LogP) is 5.37. The molecule has 0 aromatic rings. The average molecular weight is 311 g/mol. The molecule has 2 aliphatic carbocycles. The minimum absolute atomic E-state index is 0.670. The third kappa shape index (κ3) is 2.40. The van der Waals surface area contributed by atoms with Gasteiger partial charge >= 0.3 is 0 Å². The molecule has 0 amide bonds. The van der Waals surface area contributed by atoms with Crippen molar-refractivity contribution in [2.24, 2.45) is 11.8 Å². The second-order valence-electron chi connectivity index (χ2n) is 4.66. The third-order valence-electron chi connectivity index (χ3n) is 3.49. The lowest BCUT2D eigenvalue weighted by Crippen LogP contribution is -1.94. The van der Waals surface area contributed by atoms with E-state index in [1.54, 1.807) is 29.1 Å². The molecule has 0 nitrogen and oxygen atoms in total. The first-order valence-corrected chi connectivity index (χ1v) is 8.43. The normalized spacial score (nSPS) is 32.9. The molecule has 1 saturated carbocycles. The van der Waals surface area contributed by atoms with Crippen molar-refractivity contribution in [3.8, 4) is 0 Å². The number of allylic oxidation sites excluding steroid dienone is 5. The smallest absolute Gasteiger partial charge is 0.0621 e. The van der Waals surface area contributed by atoms with E-state index in [1.807, 2.05) is 6.08 Å². The summed E-state index contributed by atoms with van der Waals surface area (Å²) < 4.78 is 1.95. The van der Waals surface area contributed by atoms with Crippen molar-refractivity contribution in [2.45, 2.75) is 12.8 Å². The van der Waals surface area contributed by atoms with Crippen molar-refractivity contribution in [3.05, 3.63) is 54.7 Å². The molecular formula is C14H14S4. The van der Waals surface area contributed by atoms with Crippen LogP contribution in [-0.4, -0.2) is 0 Å². The Labute approximate surface area is 128 Å². The van der Waals surface area contributed by atoms with Crippen LogP contribution < -0.4 is 0 Å². The lowest BCUT2D eigenvalue weighted by molar-refractivity contribution is 0.693. The maximum atomic E-state index is 4.48. The minimum Gasteiger partial charge on any atom is -0.135 e. The SMILES string of the molecule is C=CC1=C(/C=C2\CC3C=CC2C3)SC(S)=C(S)S1. The average Bonchev–Trinajstić information content (AvgIpc) is 2.95. The summed E-state index contributed by atoms with van der Waals surface area (Å²) in [5, 5.41) is 0. The van der Waals surface area contributed by atoms with E-state index in [4.69, 9.17) is 0 Å². The molecule has 3 rings (SSSR count). The summed E-state index contributed by atoms with van der Waals surface area (Å²) in [4.78, 5) is 2.47. The summed E-state index contributed by atoms with van der Waals surface area (Å²) in [6.45, 7) is 3.90. The standard InChI is InChI=1S/C14H14S4/c1-2-11-12(18-14(16)13(15)17-11)7-10-6-8-3-4-9(10)5-8/h2-4,7-9,15-16H,1,5-6H2/b10-7+. The summed E-state index contributed by atoms with van der Waals surface area (Å²) in [6, 6.07) is 0. The van der Waals surface area contributed by atoms with Gasteiger partial charge in [-0.25, -0.2) is 0 Å². The Kier molecular flexibility index (Phi) is 3.81. The second kappa shape index (κ2) is 5.23. The number of hydrogen-bond donors (Lipinski definition) is 2. The maximum absolute atomic E-state index is 4.48. The Balaban J connectivity index is 1.89. The highest BCUT2D eigenvalue weighted by Gasteiger charge is 2.31. The number of hydrogen-bond acceptors (Lipinski definition) is 4. The van der Waals surface area contributed by atoms with E-state index in [1.165, 1.54) is 22.7 Å². The molecule has 0 spiro atoms. The van der Waals surface area contributed by atoms with Crippen molar-refractivity contribution < 1.29 is 0 Å². The molecule has 0 N–H and O–H groups in total. The van der Waals surface area contributed by atoms with Crippen LogP contribution in [0.5, 0.6) is 0 Å². The van der Waals surface area contributed by atoms with Gasteiger partial charge in [0.2, 0.25) is 0 Å². The zero-order valence-corrected chi connectivity index (χ0v) is 13.2. The first kappa shape index (κ1) is 13.1. The summed E-state index contributed by atoms with van der Waals surface area (Å²) in [7, 11) is 0. The molecule has 3 aliphatic rings. The summed E-state index contributed by atoms with van der Waals surface area (Å²) >= 11 is 12.3. The molecule has 1 heterocycles. The van der Waals surface area contributed by atoms with Crippen molar-refractivity contribution in [1.29, 1.82) is 0 Å². The highest BCUT2D eigenvalue weighted by Crippen LogP contribution is 2.51. The fourth-order valence-electron chi connectivity index (χ4n) is 2.63. The first-order valence-electron chi connectivity index (χ1n) is 5.90. The van der Waals surface area contributed by atoms with E-state index < -0.39 is 0 Å². The molecule has 2 bridgehead atoms. The van der Waals surface area contributed by atoms with Gasteiger partial charge in [0, 0.05) is 9.81 Å². The quantitative estimate of drug-likeness (QED) is 0.519. The van der Waals surface area contributed by atoms with Crippen LogP contribution in [0.25, 0.3) is 0 Å². The highest BCUT2D eigenvalue weighted by atomic mass is 32.2. The van der Waals surface area contributed by atoms with Crippen LogP contribution in [-0.2, 0) is 0 Å². The van der Waals surface area contributed by atoms with Crippen LogP contribution in [0.3, 0.4) is 0 Å². The first-order chi connectivity index (χ1) is 8.67. The fourth-order valence-corrected chi connectivity index (χ4v) is 5.22. The van der Waals surface area contributed by atoms with Crippen LogP contribution in [0.2, 0.25) is 0 Å². The Morgan fingerprint density at radius 1 is 1.17 bits per heavy atom. The number of thioether (sulfide) groups is 2. The maximum Gasteiger partial charge on any atom is 0.0621 e. The van der Waals surface area contributed by atoms with E-state index in [9.17, 15) is 0 Å². The molecular weight excluding hydrogens is 296 g/mol. The minimum atomic E-state index is 0.670. The zero-order valence-electron chi connectivity index (χ0n) is 9.80. The van der Waals surface area contributed by atoms with Gasteiger partial charge < -0.3 is 0 Å². The Morgan fingerprint density at radius 3 is 2.44 bits per heavy atom. The van der Waals surface area contributed by atoms with E-state index in [-0.39, 0.29) is 0 Å². The van der Waals surface area contributed by atoms with Gasteiger partial charge in [-0.05, 0) is 30.8 Å². The fraction of sp³-hybridized carbons (Fsp3) is 0.286. The van der Waals surface area contributed by atoms with Crippen LogP contribution in [0.1, 0.15) is 12.8 Å². The molecule has 1 fully saturated rings. The molecule has 0 radical (unpaired) electrons. The summed E-state index contributed by atoms with van der Waals surface area (Å²) in [5.74, 6) is 1.45. The molecule has 94 valence electrons. The van der Waals surface area contributed by atoms with Gasteiger partial charge in [0.1, 0.15) is 0 Å². The summed E-state index contributed by atoms with van der Waals surface area (Å²) in [5.41, 5.74) is 1.56. The van der Waals surface area contributed by atoms with E-state index >= 15 is 0 Å². The molecule has 1 aliphatic heterocycles. The molecule has 0 aromatic carbocycles. The van der Waals surface area contributed by atoms with E-state index in [0.717, 1.165) is 14.4 Å². The third-order valence-corrected chi connectivity index (χ3v) is 7.18. The Morgan fingerprint density at radius 2 is 1.89 bits per heavy atom. The highest BCUT2D eigenvalue weighted by molar-refractivity contribution is 8.26. The Bertz CT molecular complexity index is 522. The van der Waals surface area contributed by atoms with Crippen LogP contribution in [0, 0.1) is 11.8 Å². The lowest BCUT2D eigenvalue weighted by atomic mass is 10.0. The van der Waals surface area contributed by atoms with Crippen LogP contribution >= 0.6 is 48.8 Å². The predicted molar refractivity (Wildman–Crippen MR) is 90.8 cm³/mol. The molecule has 4 heteroatoms. The van der Waals surface area contributed by atoms with E-state index in [0.29, 0.717) is 5.92 Å². The van der Waals surface area contributed by atoms with Crippen molar-refractivity contribution >= 4 is 48.8 Å². The second-order valence-corrected chi connectivity index (χ2v) is 8.26. The monoisotopic (exact) mass is 310 g/mol. The van der Waals surface area contributed by atoms with Crippen molar-refractivity contribution in [3.63, 3.8) is 0 Å².